The minimum Gasteiger partial charge on any atom is -0.335 e. The minimum atomic E-state index is -0.305. The van der Waals surface area contributed by atoms with Crippen molar-refractivity contribution < 1.29 is 14.0 Å². The Balaban J connectivity index is 1.81. The van der Waals surface area contributed by atoms with E-state index in [4.69, 9.17) is 0 Å². The van der Waals surface area contributed by atoms with E-state index in [1.165, 1.54) is 18.3 Å². The van der Waals surface area contributed by atoms with Crippen LogP contribution in [0.4, 0.5) is 4.39 Å². The fourth-order valence-corrected chi connectivity index (χ4v) is 3.19. The Bertz CT molecular complexity index is 760. The molecule has 8 heteroatoms. The van der Waals surface area contributed by atoms with Gasteiger partial charge in [-0.1, -0.05) is 26.0 Å². The topological polar surface area (TPSA) is 82.2 Å². The predicted molar refractivity (Wildman–Crippen MR) is 92.5 cm³/mol. The number of carbonyl (C=O) groups excluding carboxylic acids is 2. The van der Waals surface area contributed by atoms with Gasteiger partial charge in [0.05, 0.1) is 12.2 Å². The summed E-state index contributed by atoms with van der Waals surface area (Å²) >= 11 is 0. The van der Waals surface area contributed by atoms with Crippen LogP contribution in [0.25, 0.3) is 0 Å². The number of H-pyrrole nitrogens is 1. The van der Waals surface area contributed by atoms with Crippen molar-refractivity contribution in [3.05, 3.63) is 47.5 Å². The lowest BCUT2D eigenvalue weighted by molar-refractivity contribution is -0.134. The van der Waals surface area contributed by atoms with Crippen molar-refractivity contribution in [2.45, 2.75) is 32.9 Å². The van der Waals surface area contributed by atoms with Gasteiger partial charge in [-0.05, 0) is 23.6 Å². The maximum atomic E-state index is 13.1. The Morgan fingerprint density at radius 1 is 1.35 bits per heavy atom. The molecule has 0 radical (unpaired) electrons. The monoisotopic (exact) mass is 359 g/mol. The third-order valence-corrected chi connectivity index (χ3v) is 4.68. The summed E-state index contributed by atoms with van der Waals surface area (Å²) in [5.74, 6) is -0.393. The number of benzene rings is 1. The summed E-state index contributed by atoms with van der Waals surface area (Å²) in [5.41, 5.74) is 1.11. The molecule has 2 aromatic rings. The molecule has 1 fully saturated rings. The van der Waals surface area contributed by atoms with Gasteiger partial charge in [0.2, 0.25) is 5.91 Å². The van der Waals surface area contributed by atoms with E-state index in [1.807, 2.05) is 13.8 Å². The molecule has 1 saturated heterocycles. The van der Waals surface area contributed by atoms with Gasteiger partial charge in [0.25, 0.3) is 5.91 Å². The van der Waals surface area contributed by atoms with Crippen molar-refractivity contribution in [3.63, 3.8) is 0 Å². The van der Waals surface area contributed by atoms with E-state index in [0.29, 0.717) is 19.6 Å². The predicted octanol–water partition coefficient (Wildman–Crippen LogP) is 1.84. The zero-order valence-corrected chi connectivity index (χ0v) is 14.9. The molecule has 1 aliphatic rings. The first-order valence-electron chi connectivity index (χ1n) is 8.64. The van der Waals surface area contributed by atoms with Crippen LogP contribution in [0.5, 0.6) is 0 Å². The first-order chi connectivity index (χ1) is 12.5. The Morgan fingerprint density at radius 3 is 2.69 bits per heavy atom. The van der Waals surface area contributed by atoms with Crippen LogP contribution in [0.15, 0.2) is 30.5 Å². The highest BCUT2D eigenvalue weighted by molar-refractivity contribution is 5.92. The highest BCUT2D eigenvalue weighted by atomic mass is 19.1. The molecule has 1 aromatic carbocycles. The SMILES string of the molecule is CC(C)[C@@H]1CN(C(=O)c2cn[nH]n2)CCC(=O)N1Cc1ccc(F)cc1. The molecule has 0 bridgehead atoms. The zero-order valence-electron chi connectivity index (χ0n) is 14.9. The number of amides is 2. The summed E-state index contributed by atoms with van der Waals surface area (Å²) < 4.78 is 13.1. The number of hydrogen-bond donors (Lipinski definition) is 1. The van der Waals surface area contributed by atoms with Gasteiger partial charge in [0.1, 0.15) is 5.82 Å². The second-order valence-electron chi connectivity index (χ2n) is 6.82. The van der Waals surface area contributed by atoms with Gasteiger partial charge in [0, 0.05) is 26.1 Å². The standard InChI is InChI=1S/C18H22FN5O2/c1-12(2)16-11-23(18(26)15-9-20-22-21-15)8-7-17(25)24(16)10-13-3-5-14(19)6-4-13/h3-6,9,12,16H,7-8,10-11H2,1-2H3,(H,20,21,22)/t16-/m0/s1. The summed E-state index contributed by atoms with van der Waals surface area (Å²) in [4.78, 5) is 28.8. The number of nitrogens with one attached hydrogen (secondary N) is 1. The van der Waals surface area contributed by atoms with Crippen LogP contribution < -0.4 is 0 Å². The number of carbonyl (C=O) groups is 2. The van der Waals surface area contributed by atoms with Crippen molar-refractivity contribution in [1.29, 1.82) is 0 Å². The lowest BCUT2D eigenvalue weighted by atomic mass is 10.0. The molecule has 2 heterocycles. The molecule has 0 saturated carbocycles. The number of aromatic amines is 1. The lowest BCUT2D eigenvalue weighted by Gasteiger charge is -2.34. The van der Waals surface area contributed by atoms with E-state index in [1.54, 1.807) is 21.9 Å². The molecular formula is C18H22FN5O2. The minimum absolute atomic E-state index is 0.0107. The van der Waals surface area contributed by atoms with Gasteiger partial charge in [-0.3, -0.25) is 9.59 Å². The molecule has 1 aliphatic heterocycles. The van der Waals surface area contributed by atoms with Crippen LogP contribution in [0.1, 0.15) is 36.3 Å². The molecule has 0 unspecified atom stereocenters. The number of halogens is 1. The van der Waals surface area contributed by atoms with Crippen LogP contribution in [0.2, 0.25) is 0 Å². The zero-order chi connectivity index (χ0) is 18.7. The number of rotatable bonds is 4. The third kappa shape index (κ3) is 3.89. The van der Waals surface area contributed by atoms with Crippen LogP contribution in [-0.2, 0) is 11.3 Å². The van der Waals surface area contributed by atoms with E-state index >= 15 is 0 Å². The Morgan fingerprint density at radius 2 is 2.08 bits per heavy atom. The van der Waals surface area contributed by atoms with Crippen LogP contribution in [0, 0.1) is 11.7 Å². The fourth-order valence-electron chi connectivity index (χ4n) is 3.19. The molecule has 138 valence electrons. The van der Waals surface area contributed by atoms with Crippen molar-refractivity contribution in [1.82, 2.24) is 25.2 Å². The van der Waals surface area contributed by atoms with E-state index in [0.717, 1.165) is 5.56 Å². The average molecular weight is 359 g/mol. The summed E-state index contributed by atoms with van der Waals surface area (Å²) in [7, 11) is 0. The fraction of sp³-hybridized carbons (Fsp3) is 0.444. The molecule has 1 atom stereocenters. The Labute approximate surface area is 151 Å². The van der Waals surface area contributed by atoms with Crippen LogP contribution in [-0.4, -0.2) is 56.2 Å². The van der Waals surface area contributed by atoms with E-state index < -0.39 is 0 Å². The number of hydrogen-bond acceptors (Lipinski definition) is 4. The van der Waals surface area contributed by atoms with Gasteiger partial charge in [-0.25, -0.2) is 4.39 Å². The Kier molecular flexibility index (Phi) is 5.29. The number of aromatic nitrogens is 3. The maximum absolute atomic E-state index is 13.1. The highest BCUT2D eigenvalue weighted by Gasteiger charge is 2.34. The van der Waals surface area contributed by atoms with Gasteiger partial charge >= 0.3 is 0 Å². The first kappa shape index (κ1) is 18.0. The van der Waals surface area contributed by atoms with Crippen LogP contribution in [0.3, 0.4) is 0 Å². The molecule has 2 amide bonds. The van der Waals surface area contributed by atoms with Gasteiger partial charge in [-0.15, -0.1) is 0 Å². The summed E-state index contributed by atoms with van der Waals surface area (Å²) in [6.07, 6.45) is 1.63. The second-order valence-corrected chi connectivity index (χ2v) is 6.82. The van der Waals surface area contributed by atoms with E-state index in [9.17, 15) is 14.0 Å². The van der Waals surface area contributed by atoms with Crippen molar-refractivity contribution in [3.8, 4) is 0 Å². The average Bonchev–Trinajstić information content (AvgIpc) is 3.10. The molecule has 26 heavy (non-hydrogen) atoms. The second kappa shape index (κ2) is 7.63. The van der Waals surface area contributed by atoms with Crippen molar-refractivity contribution >= 4 is 11.8 Å². The molecule has 1 aromatic heterocycles. The van der Waals surface area contributed by atoms with Crippen LogP contribution >= 0.6 is 0 Å². The lowest BCUT2D eigenvalue weighted by Crippen LogP contribution is -2.47. The quantitative estimate of drug-likeness (QED) is 0.903. The molecular weight excluding hydrogens is 337 g/mol. The third-order valence-electron chi connectivity index (χ3n) is 4.68. The molecule has 1 N–H and O–H groups in total. The first-order valence-corrected chi connectivity index (χ1v) is 8.64. The summed E-state index contributed by atoms with van der Waals surface area (Å²) in [6, 6.07) is 6.02. The van der Waals surface area contributed by atoms with E-state index in [-0.39, 0.29) is 41.7 Å². The molecule has 3 rings (SSSR count). The molecule has 0 aliphatic carbocycles. The van der Waals surface area contributed by atoms with Crippen molar-refractivity contribution in [2.24, 2.45) is 5.92 Å². The van der Waals surface area contributed by atoms with Gasteiger partial charge in [0.15, 0.2) is 5.69 Å². The summed E-state index contributed by atoms with van der Waals surface area (Å²) in [6.45, 7) is 5.22. The highest BCUT2D eigenvalue weighted by Crippen LogP contribution is 2.22. The Hall–Kier alpha value is -2.77. The normalized spacial score (nSPS) is 18.3. The summed E-state index contributed by atoms with van der Waals surface area (Å²) in [5, 5.41) is 9.96. The molecule has 7 nitrogen and oxygen atoms in total. The van der Waals surface area contributed by atoms with Gasteiger partial charge < -0.3 is 9.80 Å². The molecule has 0 spiro atoms. The van der Waals surface area contributed by atoms with E-state index in [2.05, 4.69) is 15.4 Å². The van der Waals surface area contributed by atoms with Crippen molar-refractivity contribution in [2.75, 3.05) is 13.1 Å². The largest absolute Gasteiger partial charge is 0.335 e. The van der Waals surface area contributed by atoms with Gasteiger partial charge in [-0.2, -0.15) is 15.4 Å². The maximum Gasteiger partial charge on any atom is 0.276 e. The smallest absolute Gasteiger partial charge is 0.276 e. The number of nitrogens with zero attached hydrogens (tertiary/aromatic N) is 4.